The monoisotopic (exact) mass is 281 g/mol. The zero-order chi connectivity index (χ0) is 14.8. The fourth-order valence-corrected chi connectivity index (χ4v) is 2.33. The number of hydrogen-bond donors (Lipinski definition) is 3. The standard InChI is InChI=1S/C16H15N3O2/c1-10-5-2-3-6-11(10)9-17-15(20)12-7-4-8-13-14(12)19-16(21)18-13/h2-8H,9H2,1H3,(H,17,20)(H2,18,19,21). The molecule has 0 unspecified atom stereocenters. The molecule has 5 nitrogen and oxygen atoms in total. The average molecular weight is 281 g/mol. The molecule has 3 aromatic rings. The SMILES string of the molecule is Cc1ccccc1CNC(=O)c1cccc2[nH]c(=O)[nH]c12. The topological polar surface area (TPSA) is 77.8 Å². The van der Waals surface area contributed by atoms with Crippen molar-refractivity contribution >= 4 is 16.9 Å². The van der Waals surface area contributed by atoms with Crippen LogP contribution in [0.5, 0.6) is 0 Å². The van der Waals surface area contributed by atoms with Crippen LogP contribution in [-0.4, -0.2) is 15.9 Å². The highest BCUT2D eigenvalue weighted by Crippen LogP contribution is 2.13. The Hall–Kier alpha value is -2.82. The minimum Gasteiger partial charge on any atom is -0.348 e. The number of fused-ring (bicyclic) bond motifs is 1. The summed E-state index contributed by atoms with van der Waals surface area (Å²) in [6.45, 7) is 2.46. The largest absolute Gasteiger partial charge is 0.348 e. The minimum atomic E-state index is -0.316. The van der Waals surface area contributed by atoms with E-state index in [1.165, 1.54) is 0 Å². The van der Waals surface area contributed by atoms with E-state index < -0.39 is 0 Å². The van der Waals surface area contributed by atoms with Gasteiger partial charge >= 0.3 is 5.69 Å². The number of nitrogens with one attached hydrogen (secondary N) is 3. The van der Waals surface area contributed by atoms with Gasteiger partial charge in [0.2, 0.25) is 0 Å². The van der Waals surface area contributed by atoms with Crippen LogP contribution in [0.15, 0.2) is 47.3 Å². The molecule has 21 heavy (non-hydrogen) atoms. The molecule has 0 bridgehead atoms. The number of hydrogen-bond acceptors (Lipinski definition) is 2. The van der Waals surface area contributed by atoms with Gasteiger partial charge in [0.05, 0.1) is 16.6 Å². The van der Waals surface area contributed by atoms with Gasteiger partial charge in [0, 0.05) is 6.54 Å². The van der Waals surface area contributed by atoms with E-state index in [4.69, 9.17) is 0 Å². The number of carbonyl (C=O) groups excluding carboxylic acids is 1. The van der Waals surface area contributed by atoms with E-state index in [0.29, 0.717) is 23.1 Å². The third-order valence-corrected chi connectivity index (χ3v) is 3.50. The van der Waals surface area contributed by atoms with Gasteiger partial charge in [-0.1, -0.05) is 30.3 Å². The van der Waals surface area contributed by atoms with Crippen molar-refractivity contribution in [1.29, 1.82) is 0 Å². The molecular formula is C16H15N3O2. The van der Waals surface area contributed by atoms with E-state index >= 15 is 0 Å². The first-order chi connectivity index (χ1) is 10.1. The molecule has 0 saturated carbocycles. The van der Waals surface area contributed by atoms with E-state index in [1.54, 1.807) is 18.2 Å². The van der Waals surface area contributed by atoms with Gasteiger partial charge in [-0.15, -0.1) is 0 Å². The lowest BCUT2D eigenvalue weighted by molar-refractivity contribution is 0.0952. The number of benzene rings is 2. The highest BCUT2D eigenvalue weighted by Gasteiger charge is 2.12. The van der Waals surface area contributed by atoms with Crippen LogP contribution < -0.4 is 11.0 Å². The van der Waals surface area contributed by atoms with Gasteiger partial charge in [0.15, 0.2) is 0 Å². The van der Waals surface area contributed by atoms with Gasteiger partial charge in [-0.3, -0.25) is 4.79 Å². The predicted molar refractivity (Wildman–Crippen MR) is 81.3 cm³/mol. The minimum absolute atomic E-state index is 0.209. The Morgan fingerprint density at radius 2 is 1.90 bits per heavy atom. The molecule has 2 aromatic carbocycles. The molecule has 0 aliphatic carbocycles. The number of H-pyrrole nitrogens is 2. The zero-order valence-electron chi connectivity index (χ0n) is 11.6. The molecule has 1 amide bonds. The van der Waals surface area contributed by atoms with Crippen molar-refractivity contribution in [2.75, 3.05) is 0 Å². The predicted octanol–water partition coefficient (Wildman–Crippen LogP) is 2.09. The van der Waals surface area contributed by atoms with E-state index in [-0.39, 0.29) is 11.6 Å². The fraction of sp³-hybridized carbons (Fsp3) is 0.125. The van der Waals surface area contributed by atoms with Crippen molar-refractivity contribution in [3.8, 4) is 0 Å². The lowest BCUT2D eigenvalue weighted by Crippen LogP contribution is -2.23. The van der Waals surface area contributed by atoms with Gasteiger partial charge in [-0.05, 0) is 30.2 Å². The van der Waals surface area contributed by atoms with Crippen LogP contribution in [0.3, 0.4) is 0 Å². The normalized spacial score (nSPS) is 10.7. The molecule has 106 valence electrons. The third-order valence-electron chi connectivity index (χ3n) is 3.50. The molecule has 0 radical (unpaired) electrons. The molecule has 0 saturated heterocycles. The van der Waals surface area contributed by atoms with E-state index in [2.05, 4.69) is 15.3 Å². The Kier molecular flexibility index (Phi) is 3.31. The molecule has 1 aromatic heterocycles. The summed E-state index contributed by atoms with van der Waals surface area (Å²) in [7, 11) is 0. The van der Waals surface area contributed by atoms with Crippen LogP contribution in [0.4, 0.5) is 0 Å². The molecule has 0 aliphatic rings. The Labute approximate surface area is 121 Å². The number of amides is 1. The summed E-state index contributed by atoms with van der Waals surface area (Å²) in [6.07, 6.45) is 0. The second kappa shape index (κ2) is 5.28. The number of aryl methyl sites for hydroxylation is 1. The van der Waals surface area contributed by atoms with Crippen LogP contribution in [0, 0.1) is 6.92 Å². The van der Waals surface area contributed by atoms with Gasteiger partial charge in [-0.25, -0.2) is 4.79 Å². The lowest BCUT2D eigenvalue weighted by atomic mass is 10.1. The zero-order valence-corrected chi connectivity index (χ0v) is 11.6. The number of rotatable bonds is 3. The molecule has 0 fully saturated rings. The fourth-order valence-electron chi connectivity index (χ4n) is 2.33. The number of imidazole rings is 1. The second-order valence-corrected chi connectivity index (χ2v) is 4.92. The van der Waals surface area contributed by atoms with Gasteiger partial charge < -0.3 is 15.3 Å². The maximum atomic E-state index is 12.3. The van der Waals surface area contributed by atoms with Gasteiger partial charge in [0.25, 0.3) is 5.91 Å². The van der Waals surface area contributed by atoms with Crippen LogP contribution >= 0.6 is 0 Å². The van der Waals surface area contributed by atoms with Crippen molar-refractivity contribution in [3.05, 3.63) is 69.6 Å². The van der Waals surface area contributed by atoms with Crippen molar-refractivity contribution in [2.45, 2.75) is 13.5 Å². The number of aromatic nitrogens is 2. The summed E-state index contributed by atoms with van der Waals surface area (Å²) in [5.74, 6) is -0.209. The average Bonchev–Trinajstić information content (AvgIpc) is 2.86. The smallest absolute Gasteiger partial charge is 0.323 e. The van der Waals surface area contributed by atoms with Crippen LogP contribution in [-0.2, 0) is 6.54 Å². The maximum absolute atomic E-state index is 12.3. The molecule has 5 heteroatoms. The van der Waals surface area contributed by atoms with Crippen molar-refractivity contribution in [3.63, 3.8) is 0 Å². The first kappa shape index (κ1) is 13.2. The molecule has 0 atom stereocenters. The Bertz CT molecular complexity index is 861. The molecule has 1 heterocycles. The number of aromatic amines is 2. The summed E-state index contributed by atoms with van der Waals surface area (Å²) >= 11 is 0. The van der Waals surface area contributed by atoms with Crippen LogP contribution in [0.1, 0.15) is 21.5 Å². The Morgan fingerprint density at radius 3 is 2.71 bits per heavy atom. The Morgan fingerprint density at radius 1 is 1.10 bits per heavy atom. The summed E-state index contributed by atoms with van der Waals surface area (Å²) in [5.41, 5.74) is 3.50. The molecule has 3 N–H and O–H groups in total. The molecule has 3 rings (SSSR count). The lowest BCUT2D eigenvalue weighted by Gasteiger charge is -2.08. The van der Waals surface area contributed by atoms with Gasteiger partial charge in [-0.2, -0.15) is 0 Å². The first-order valence-corrected chi connectivity index (χ1v) is 6.69. The quantitative estimate of drug-likeness (QED) is 0.687. The maximum Gasteiger partial charge on any atom is 0.323 e. The summed E-state index contributed by atoms with van der Waals surface area (Å²) in [5, 5.41) is 2.88. The summed E-state index contributed by atoms with van der Waals surface area (Å²) in [4.78, 5) is 28.9. The third kappa shape index (κ3) is 2.58. The van der Waals surface area contributed by atoms with E-state index in [0.717, 1.165) is 11.1 Å². The summed E-state index contributed by atoms with van der Waals surface area (Å²) < 4.78 is 0. The highest BCUT2D eigenvalue weighted by molar-refractivity contribution is 6.04. The molecule has 0 aliphatic heterocycles. The number of para-hydroxylation sites is 1. The molecular weight excluding hydrogens is 266 g/mol. The number of carbonyl (C=O) groups is 1. The van der Waals surface area contributed by atoms with Crippen molar-refractivity contribution in [2.24, 2.45) is 0 Å². The Balaban J connectivity index is 1.85. The first-order valence-electron chi connectivity index (χ1n) is 6.69. The van der Waals surface area contributed by atoms with Crippen molar-refractivity contribution < 1.29 is 4.79 Å². The van der Waals surface area contributed by atoms with E-state index in [9.17, 15) is 9.59 Å². The van der Waals surface area contributed by atoms with Gasteiger partial charge in [0.1, 0.15) is 0 Å². The van der Waals surface area contributed by atoms with Crippen LogP contribution in [0.2, 0.25) is 0 Å². The van der Waals surface area contributed by atoms with Crippen LogP contribution in [0.25, 0.3) is 11.0 Å². The summed E-state index contributed by atoms with van der Waals surface area (Å²) in [6, 6.07) is 13.1. The highest BCUT2D eigenvalue weighted by atomic mass is 16.2. The molecule has 0 spiro atoms. The second-order valence-electron chi connectivity index (χ2n) is 4.92. The van der Waals surface area contributed by atoms with Crippen molar-refractivity contribution in [1.82, 2.24) is 15.3 Å². The van der Waals surface area contributed by atoms with E-state index in [1.807, 2.05) is 31.2 Å².